The molecule has 0 spiro atoms. The van der Waals surface area contributed by atoms with Crippen molar-refractivity contribution in [2.24, 2.45) is 0 Å². The van der Waals surface area contributed by atoms with Crippen molar-refractivity contribution < 1.29 is 14.2 Å². The van der Waals surface area contributed by atoms with Gasteiger partial charge in [0.05, 0.1) is 32.6 Å². The standard InChI is InChI=1S/C14H15ClN2O3/c1-8-5-10(17-14(15)16-8)13-11(19-3)6-9(18-2)7-12(13)20-4/h5-7H,1-4H3. The quantitative estimate of drug-likeness (QED) is 0.811. The Hall–Kier alpha value is -2.01. The molecule has 0 unspecified atom stereocenters. The van der Waals surface area contributed by atoms with Gasteiger partial charge in [0.1, 0.15) is 17.2 Å². The molecule has 0 aliphatic heterocycles. The fourth-order valence-electron chi connectivity index (χ4n) is 1.92. The highest BCUT2D eigenvalue weighted by atomic mass is 35.5. The molecule has 0 radical (unpaired) electrons. The highest BCUT2D eigenvalue weighted by molar-refractivity contribution is 6.28. The first-order chi connectivity index (χ1) is 9.58. The minimum Gasteiger partial charge on any atom is -0.496 e. The Labute approximate surface area is 122 Å². The summed E-state index contributed by atoms with van der Waals surface area (Å²) in [6.45, 7) is 1.85. The van der Waals surface area contributed by atoms with Gasteiger partial charge in [0.15, 0.2) is 0 Å². The zero-order valence-corrected chi connectivity index (χ0v) is 12.5. The predicted molar refractivity (Wildman–Crippen MR) is 76.9 cm³/mol. The van der Waals surface area contributed by atoms with E-state index < -0.39 is 0 Å². The second-order valence-corrected chi connectivity index (χ2v) is 4.41. The van der Waals surface area contributed by atoms with E-state index in [0.717, 1.165) is 5.69 Å². The maximum atomic E-state index is 5.92. The summed E-state index contributed by atoms with van der Waals surface area (Å²) < 4.78 is 16.0. The molecule has 1 aromatic heterocycles. The summed E-state index contributed by atoms with van der Waals surface area (Å²) in [6.07, 6.45) is 0. The Kier molecular flexibility index (Phi) is 4.29. The Bertz CT molecular complexity index is 587. The summed E-state index contributed by atoms with van der Waals surface area (Å²) in [6, 6.07) is 5.35. The zero-order valence-electron chi connectivity index (χ0n) is 11.7. The molecule has 2 aromatic rings. The van der Waals surface area contributed by atoms with Crippen LogP contribution < -0.4 is 14.2 Å². The summed E-state index contributed by atoms with van der Waals surface area (Å²) in [5.41, 5.74) is 2.11. The van der Waals surface area contributed by atoms with Crippen LogP contribution in [0.3, 0.4) is 0 Å². The van der Waals surface area contributed by atoms with Crippen molar-refractivity contribution in [1.29, 1.82) is 0 Å². The molecule has 106 valence electrons. The molecule has 0 amide bonds. The molecule has 0 atom stereocenters. The van der Waals surface area contributed by atoms with Crippen molar-refractivity contribution in [2.45, 2.75) is 6.92 Å². The molecule has 0 aliphatic rings. The number of rotatable bonds is 4. The lowest BCUT2D eigenvalue weighted by molar-refractivity contribution is 0.377. The number of aromatic nitrogens is 2. The van der Waals surface area contributed by atoms with E-state index in [0.29, 0.717) is 28.5 Å². The van der Waals surface area contributed by atoms with E-state index in [9.17, 15) is 0 Å². The number of hydrogen-bond donors (Lipinski definition) is 0. The SMILES string of the molecule is COc1cc(OC)c(-c2cc(C)nc(Cl)n2)c(OC)c1. The third-order valence-corrected chi connectivity index (χ3v) is 2.97. The Morgan fingerprint density at radius 3 is 1.95 bits per heavy atom. The molecule has 0 saturated heterocycles. The Balaban J connectivity index is 2.70. The minimum absolute atomic E-state index is 0.180. The topological polar surface area (TPSA) is 53.5 Å². The molecule has 0 fully saturated rings. The van der Waals surface area contributed by atoms with E-state index in [-0.39, 0.29) is 5.28 Å². The molecule has 0 N–H and O–H groups in total. The van der Waals surface area contributed by atoms with Gasteiger partial charge in [-0.05, 0) is 24.6 Å². The number of halogens is 1. The van der Waals surface area contributed by atoms with Gasteiger partial charge in [-0.2, -0.15) is 0 Å². The van der Waals surface area contributed by atoms with Crippen LogP contribution in [0, 0.1) is 6.92 Å². The van der Waals surface area contributed by atoms with Gasteiger partial charge in [-0.25, -0.2) is 9.97 Å². The molecule has 2 rings (SSSR count). The van der Waals surface area contributed by atoms with Crippen LogP contribution in [0.2, 0.25) is 5.28 Å². The summed E-state index contributed by atoms with van der Waals surface area (Å²) in [5.74, 6) is 1.82. The second kappa shape index (κ2) is 5.96. The van der Waals surface area contributed by atoms with Crippen LogP contribution in [0.25, 0.3) is 11.3 Å². The molecule has 0 aliphatic carbocycles. The Morgan fingerprint density at radius 2 is 1.50 bits per heavy atom. The maximum Gasteiger partial charge on any atom is 0.223 e. The fourth-order valence-corrected chi connectivity index (χ4v) is 2.14. The van der Waals surface area contributed by atoms with E-state index in [4.69, 9.17) is 25.8 Å². The van der Waals surface area contributed by atoms with Gasteiger partial charge in [0.25, 0.3) is 0 Å². The average molecular weight is 295 g/mol. The third kappa shape index (κ3) is 2.77. The number of ether oxygens (including phenoxy) is 3. The summed E-state index contributed by atoms with van der Waals surface area (Å²) in [7, 11) is 4.74. The summed E-state index contributed by atoms with van der Waals surface area (Å²) in [5, 5.41) is 0.180. The lowest BCUT2D eigenvalue weighted by atomic mass is 10.1. The molecular formula is C14H15ClN2O3. The van der Waals surface area contributed by atoms with Crippen molar-refractivity contribution in [3.05, 3.63) is 29.2 Å². The first-order valence-corrected chi connectivity index (χ1v) is 6.28. The van der Waals surface area contributed by atoms with E-state index >= 15 is 0 Å². The molecule has 20 heavy (non-hydrogen) atoms. The first kappa shape index (κ1) is 14.4. The van der Waals surface area contributed by atoms with Gasteiger partial charge >= 0.3 is 0 Å². The Morgan fingerprint density at radius 1 is 0.900 bits per heavy atom. The molecule has 0 bridgehead atoms. The molecule has 1 aromatic carbocycles. The van der Waals surface area contributed by atoms with Crippen LogP contribution in [0.1, 0.15) is 5.69 Å². The van der Waals surface area contributed by atoms with Crippen molar-refractivity contribution in [1.82, 2.24) is 9.97 Å². The van der Waals surface area contributed by atoms with E-state index in [1.54, 1.807) is 33.5 Å². The smallest absolute Gasteiger partial charge is 0.223 e. The average Bonchev–Trinajstić information content (AvgIpc) is 2.44. The highest BCUT2D eigenvalue weighted by Crippen LogP contribution is 2.41. The maximum absolute atomic E-state index is 5.92. The lowest BCUT2D eigenvalue weighted by Gasteiger charge is -2.15. The molecular weight excluding hydrogens is 280 g/mol. The van der Waals surface area contributed by atoms with Crippen LogP contribution in [-0.2, 0) is 0 Å². The van der Waals surface area contributed by atoms with Gasteiger partial charge in [0.2, 0.25) is 5.28 Å². The zero-order chi connectivity index (χ0) is 14.7. The molecule has 5 nitrogen and oxygen atoms in total. The number of methoxy groups -OCH3 is 3. The summed E-state index contributed by atoms with van der Waals surface area (Å²) >= 11 is 5.92. The monoisotopic (exact) mass is 294 g/mol. The molecule has 1 heterocycles. The molecule has 0 saturated carbocycles. The normalized spacial score (nSPS) is 10.2. The third-order valence-electron chi connectivity index (χ3n) is 2.80. The van der Waals surface area contributed by atoms with Crippen molar-refractivity contribution >= 4 is 11.6 Å². The fraction of sp³-hybridized carbons (Fsp3) is 0.286. The number of benzene rings is 1. The number of aryl methyl sites for hydroxylation is 1. The van der Waals surface area contributed by atoms with E-state index in [1.807, 2.05) is 13.0 Å². The van der Waals surface area contributed by atoms with Gasteiger partial charge in [0, 0.05) is 17.8 Å². The second-order valence-electron chi connectivity index (χ2n) is 4.07. The summed E-state index contributed by atoms with van der Waals surface area (Å²) in [4.78, 5) is 8.28. The van der Waals surface area contributed by atoms with Crippen molar-refractivity contribution in [3.8, 4) is 28.5 Å². The van der Waals surface area contributed by atoms with Crippen LogP contribution >= 0.6 is 11.6 Å². The van der Waals surface area contributed by atoms with Gasteiger partial charge in [-0.1, -0.05) is 0 Å². The van der Waals surface area contributed by atoms with Gasteiger partial charge < -0.3 is 14.2 Å². The highest BCUT2D eigenvalue weighted by Gasteiger charge is 2.17. The van der Waals surface area contributed by atoms with E-state index in [1.165, 1.54) is 0 Å². The van der Waals surface area contributed by atoms with Gasteiger partial charge in [-0.15, -0.1) is 0 Å². The van der Waals surface area contributed by atoms with Crippen LogP contribution in [0.15, 0.2) is 18.2 Å². The van der Waals surface area contributed by atoms with Crippen LogP contribution in [0.5, 0.6) is 17.2 Å². The minimum atomic E-state index is 0.180. The van der Waals surface area contributed by atoms with Crippen LogP contribution in [-0.4, -0.2) is 31.3 Å². The van der Waals surface area contributed by atoms with Gasteiger partial charge in [-0.3, -0.25) is 0 Å². The first-order valence-electron chi connectivity index (χ1n) is 5.90. The lowest BCUT2D eigenvalue weighted by Crippen LogP contribution is -1.98. The van der Waals surface area contributed by atoms with Crippen molar-refractivity contribution in [3.63, 3.8) is 0 Å². The van der Waals surface area contributed by atoms with E-state index in [2.05, 4.69) is 9.97 Å². The number of nitrogens with zero attached hydrogens (tertiary/aromatic N) is 2. The largest absolute Gasteiger partial charge is 0.496 e. The molecule has 6 heteroatoms. The van der Waals surface area contributed by atoms with Crippen molar-refractivity contribution in [2.75, 3.05) is 21.3 Å². The number of hydrogen-bond acceptors (Lipinski definition) is 5. The van der Waals surface area contributed by atoms with Crippen LogP contribution in [0.4, 0.5) is 0 Å². The predicted octanol–water partition coefficient (Wildman–Crippen LogP) is 3.13.